The highest BCUT2D eigenvalue weighted by Crippen LogP contribution is 2.22. The molecule has 0 saturated carbocycles. The van der Waals surface area contributed by atoms with Gasteiger partial charge in [0.2, 0.25) is 0 Å². The minimum Gasteiger partial charge on any atom is -0.342 e. The summed E-state index contributed by atoms with van der Waals surface area (Å²) < 4.78 is 0. The molecule has 1 aromatic heterocycles. The number of nitrogens with one attached hydrogen (secondary N) is 1. The van der Waals surface area contributed by atoms with E-state index in [1.165, 1.54) is 0 Å². The Morgan fingerprint density at radius 2 is 1.75 bits per heavy atom. The van der Waals surface area contributed by atoms with E-state index in [0.29, 0.717) is 0 Å². The van der Waals surface area contributed by atoms with Crippen molar-refractivity contribution in [1.82, 2.24) is 9.97 Å². The van der Waals surface area contributed by atoms with Gasteiger partial charge in [-0.15, -0.1) is 0 Å². The van der Waals surface area contributed by atoms with Crippen molar-refractivity contribution in [3.63, 3.8) is 0 Å². The molecule has 2 radical (unpaired) electrons. The Morgan fingerprint density at radius 1 is 1.12 bits per heavy atom. The molecule has 80 valence electrons. The van der Waals surface area contributed by atoms with E-state index >= 15 is 0 Å². The predicted molar refractivity (Wildman–Crippen MR) is 68.1 cm³/mol. The van der Waals surface area contributed by atoms with E-state index in [1.54, 1.807) is 0 Å². The maximum Gasteiger partial charge on any atom is 0.113 e. The van der Waals surface area contributed by atoms with Crippen molar-refractivity contribution in [1.29, 1.82) is 0 Å². The van der Waals surface area contributed by atoms with Crippen LogP contribution < -0.4 is 5.46 Å². The van der Waals surface area contributed by atoms with E-state index in [4.69, 9.17) is 7.85 Å². The summed E-state index contributed by atoms with van der Waals surface area (Å²) in [6.45, 7) is 6.41. The van der Waals surface area contributed by atoms with E-state index in [-0.39, 0.29) is 5.41 Å². The average Bonchev–Trinajstić information content (AvgIpc) is 2.67. The van der Waals surface area contributed by atoms with Crippen molar-refractivity contribution in [2.24, 2.45) is 0 Å². The van der Waals surface area contributed by atoms with Gasteiger partial charge in [-0.05, 0) is 5.56 Å². The van der Waals surface area contributed by atoms with Crippen molar-refractivity contribution >= 4 is 13.3 Å². The molecule has 0 atom stereocenters. The van der Waals surface area contributed by atoms with Gasteiger partial charge in [0.25, 0.3) is 0 Å². The van der Waals surface area contributed by atoms with Crippen LogP contribution in [-0.2, 0) is 5.41 Å². The summed E-state index contributed by atoms with van der Waals surface area (Å²) in [6, 6.07) is 7.78. The first-order valence-corrected chi connectivity index (χ1v) is 5.38. The topological polar surface area (TPSA) is 28.7 Å². The lowest BCUT2D eigenvalue weighted by molar-refractivity contribution is 0.553. The molecule has 0 saturated heterocycles. The fourth-order valence-electron chi connectivity index (χ4n) is 1.51. The Hall–Kier alpha value is -1.51. The van der Waals surface area contributed by atoms with Gasteiger partial charge in [-0.3, -0.25) is 0 Å². The summed E-state index contributed by atoms with van der Waals surface area (Å²) >= 11 is 0. The normalized spacial score (nSPS) is 11.7. The molecule has 1 heterocycles. The monoisotopic (exact) mass is 210 g/mol. The Labute approximate surface area is 97.5 Å². The van der Waals surface area contributed by atoms with E-state index < -0.39 is 0 Å². The van der Waals surface area contributed by atoms with E-state index in [0.717, 1.165) is 22.5 Å². The van der Waals surface area contributed by atoms with E-state index in [9.17, 15) is 0 Å². The quantitative estimate of drug-likeness (QED) is 0.718. The molecule has 0 fully saturated rings. The third-order valence-electron chi connectivity index (χ3n) is 2.51. The Kier molecular flexibility index (Phi) is 2.62. The van der Waals surface area contributed by atoms with Crippen LogP contribution in [-0.4, -0.2) is 17.8 Å². The lowest BCUT2D eigenvalue weighted by atomic mass is 9.95. The molecule has 2 rings (SSSR count). The van der Waals surface area contributed by atoms with Crippen molar-refractivity contribution in [2.75, 3.05) is 0 Å². The maximum absolute atomic E-state index is 5.65. The van der Waals surface area contributed by atoms with Gasteiger partial charge in [-0.2, -0.15) is 0 Å². The Morgan fingerprint density at radius 3 is 2.25 bits per heavy atom. The fourth-order valence-corrected chi connectivity index (χ4v) is 1.51. The van der Waals surface area contributed by atoms with Crippen LogP contribution in [0, 0.1) is 0 Å². The van der Waals surface area contributed by atoms with Crippen LogP contribution in [0.3, 0.4) is 0 Å². The first-order valence-electron chi connectivity index (χ1n) is 5.38. The van der Waals surface area contributed by atoms with Crippen LogP contribution in [0.4, 0.5) is 0 Å². The molecule has 0 spiro atoms. The average molecular weight is 210 g/mol. The molecule has 1 N–H and O–H groups in total. The molecule has 0 aliphatic carbocycles. The highest BCUT2D eigenvalue weighted by atomic mass is 14.9. The van der Waals surface area contributed by atoms with Crippen LogP contribution in [0.25, 0.3) is 11.3 Å². The van der Waals surface area contributed by atoms with E-state index in [2.05, 4.69) is 30.7 Å². The number of hydrogen-bond donors (Lipinski definition) is 1. The van der Waals surface area contributed by atoms with Gasteiger partial charge in [0, 0.05) is 5.41 Å². The summed E-state index contributed by atoms with van der Waals surface area (Å²) in [4.78, 5) is 7.74. The third kappa shape index (κ3) is 2.18. The molecule has 0 aliphatic heterocycles. The van der Waals surface area contributed by atoms with Crippen LogP contribution in [0.1, 0.15) is 26.6 Å². The molecule has 0 unspecified atom stereocenters. The smallest absolute Gasteiger partial charge is 0.113 e. The zero-order valence-electron chi connectivity index (χ0n) is 9.91. The van der Waals surface area contributed by atoms with Gasteiger partial charge in [-0.1, -0.05) is 50.5 Å². The number of nitrogens with zero attached hydrogens (tertiary/aromatic N) is 1. The third-order valence-corrected chi connectivity index (χ3v) is 2.51. The van der Waals surface area contributed by atoms with Crippen LogP contribution in [0.15, 0.2) is 30.5 Å². The largest absolute Gasteiger partial charge is 0.342 e. The van der Waals surface area contributed by atoms with Gasteiger partial charge in [0.1, 0.15) is 13.7 Å². The number of hydrogen-bond acceptors (Lipinski definition) is 1. The molecule has 0 bridgehead atoms. The standard InChI is InChI=1S/C13H15BN2/c1-13(2,3)12-15-8-11(16-12)9-4-6-10(14)7-5-9/h4-8H,1-3H3,(H,15,16). The lowest BCUT2D eigenvalue weighted by Gasteiger charge is -2.14. The Balaban J connectivity index is 2.35. The van der Waals surface area contributed by atoms with Crippen LogP contribution >= 0.6 is 0 Å². The number of aromatic nitrogens is 2. The fraction of sp³-hybridized carbons (Fsp3) is 0.308. The zero-order chi connectivity index (χ0) is 11.8. The van der Waals surface area contributed by atoms with Gasteiger partial charge in [0.05, 0.1) is 11.9 Å². The summed E-state index contributed by atoms with van der Waals surface area (Å²) in [5, 5.41) is 0. The van der Waals surface area contributed by atoms with Gasteiger partial charge < -0.3 is 4.98 Å². The molecule has 3 heteroatoms. The number of H-pyrrole nitrogens is 1. The maximum atomic E-state index is 5.65. The Bertz CT molecular complexity index is 477. The van der Waals surface area contributed by atoms with Gasteiger partial charge in [-0.25, -0.2) is 4.98 Å². The van der Waals surface area contributed by atoms with Crippen LogP contribution in [0.2, 0.25) is 0 Å². The molecule has 0 amide bonds. The lowest BCUT2D eigenvalue weighted by Crippen LogP contribution is -2.13. The number of aromatic amines is 1. The minimum absolute atomic E-state index is 0.0477. The first-order chi connectivity index (χ1) is 7.47. The molecule has 2 nitrogen and oxygen atoms in total. The number of rotatable bonds is 1. The van der Waals surface area contributed by atoms with Gasteiger partial charge in [0.15, 0.2) is 0 Å². The highest BCUT2D eigenvalue weighted by molar-refractivity contribution is 6.32. The van der Waals surface area contributed by atoms with Crippen molar-refractivity contribution in [2.45, 2.75) is 26.2 Å². The highest BCUT2D eigenvalue weighted by Gasteiger charge is 2.17. The zero-order valence-corrected chi connectivity index (χ0v) is 9.91. The molecule has 16 heavy (non-hydrogen) atoms. The van der Waals surface area contributed by atoms with Crippen LogP contribution in [0.5, 0.6) is 0 Å². The summed E-state index contributed by atoms with van der Waals surface area (Å²) in [5.41, 5.74) is 2.97. The second-order valence-corrected chi connectivity index (χ2v) is 5.02. The summed E-state index contributed by atoms with van der Waals surface area (Å²) in [7, 11) is 5.65. The molecular formula is C13H15BN2. The predicted octanol–water partition coefficient (Wildman–Crippen LogP) is 2.17. The first kappa shape index (κ1) is 11.0. The summed E-state index contributed by atoms with van der Waals surface area (Å²) in [5.74, 6) is 0.999. The minimum atomic E-state index is 0.0477. The second-order valence-electron chi connectivity index (χ2n) is 5.02. The number of benzene rings is 1. The van der Waals surface area contributed by atoms with Crippen molar-refractivity contribution < 1.29 is 0 Å². The molecular weight excluding hydrogens is 195 g/mol. The second kappa shape index (κ2) is 3.82. The summed E-state index contributed by atoms with van der Waals surface area (Å²) in [6.07, 6.45) is 1.87. The van der Waals surface area contributed by atoms with Crippen molar-refractivity contribution in [3.8, 4) is 11.3 Å². The van der Waals surface area contributed by atoms with Gasteiger partial charge >= 0.3 is 0 Å². The SMILES string of the molecule is [B]c1ccc(-c2cnc(C(C)(C)C)[nH]2)cc1. The van der Waals surface area contributed by atoms with E-state index in [1.807, 2.05) is 30.5 Å². The molecule has 1 aromatic carbocycles. The number of imidazole rings is 1. The molecule has 2 aromatic rings. The van der Waals surface area contributed by atoms with Crippen molar-refractivity contribution in [3.05, 3.63) is 36.3 Å². The molecule has 0 aliphatic rings.